The number of hydrogen-bond donors (Lipinski definition) is 2. The second-order valence-electron chi connectivity index (χ2n) is 5.50. The Morgan fingerprint density at radius 2 is 1.54 bits per heavy atom. The Morgan fingerprint density at radius 1 is 0.962 bits per heavy atom. The first-order valence-corrected chi connectivity index (χ1v) is 9.17. The smallest absolute Gasteiger partial charge is 0.307 e. The monoisotopic (exact) mass is 405 g/mol. The van der Waals surface area contributed by atoms with E-state index in [1.54, 1.807) is 54.6 Å². The summed E-state index contributed by atoms with van der Waals surface area (Å²) >= 11 is 13.0. The predicted molar refractivity (Wildman–Crippen MR) is 106 cm³/mol. The van der Waals surface area contributed by atoms with Crippen molar-refractivity contribution in [3.05, 3.63) is 75.1 Å². The van der Waals surface area contributed by atoms with E-state index in [2.05, 4.69) is 5.32 Å². The second kappa shape index (κ2) is 7.91. The molecule has 7 heteroatoms. The van der Waals surface area contributed by atoms with Crippen LogP contribution in [-0.4, -0.2) is 17.0 Å². The Labute approximate surface area is 164 Å². The van der Waals surface area contributed by atoms with Gasteiger partial charge < -0.3 is 10.4 Å². The number of benzene rings is 2. The Morgan fingerprint density at radius 3 is 2.12 bits per heavy atom. The zero-order valence-electron chi connectivity index (χ0n) is 13.3. The normalized spacial score (nSPS) is 10.5. The lowest BCUT2D eigenvalue weighted by Gasteiger charge is -2.03. The fraction of sp³-hybridized carbons (Fsp3) is 0.0526. The molecule has 4 nitrogen and oxygen atoms in total. The number of carboxylic acid groups (broad SMARTS) is 1. The quantitative estimate of drug-likeness (QED) is 0.580. The molecule has 0 aliphatic heterocycles. The van der Waals surface area contributed by atoms with Crippen molar-refractivity contribution in [2.45, 2.75) is 6.42 Å². The molecule has 1 amide bonds. The number of carboxylic acids is 1. The van der Waals surface area contributed by atoms with Gasteiger partial charge in [-0.1, -0.05) is 35.3 Å². The highest BCUT2D eigenvalue weighted by Gasteiger charge is 2.18. The van der Waals surface area contributed by atoms with E-state index in [4.69, 9.17) is 28.3 Å². The minimum atomic E-state index is -0.956. The highest BCUT2D eigenvalue weighted by atomic mass is 35.5. The Bertz CT molecular complexity index is 950. The van der Waals surface area contributed by atoms with Gasteiger partial charge in [0, 0.05) is 20.6 Å². The largest absolute Gasteiger partial charge is 0.481 e. The molecule has 0 unspecified atom stereocenters. The average Bonchev–Trinajstić information content (AvgIpc) is 3.01. The van der Waals surface area contributed by atoms with Crippen LogP contribution in [0.25, 0.3) is 10.4 Å². The number of amides is 1. The van der Waals surface area contributed by atoms with Crippen LogP contribution in [0.1, 0.15) is 15.2 Å². The zero-order valence-corrected chi connectivity index (χ0v) is 15.7. The van der Waals surface area contributed by atoms with Crippen LogP contribution >= 0.6 is 34.5 Å². The third-order valence-corrected chi connectivity index (χ3v) is 5.31. The van der Waals surface area contributed by atoms with Crippen LogP contribution in [0, 0.1) is 0 Å². The fourth-order valence-corrected chi connectivity index (χ4v) is 3.74. The summed E-state index contributed by atoms with van der Waals surface area (Å²) in [4.78, 5) is 24.9. The molecule has 0 aliphatic rings. The summed E-state index contributed by atoms with van der Waals surface area (Å²) in [5.41, 5.74) is 2.02. The number of halogens is 2. The lowest BCUT2D eigenvalue weighted by molar-refractivity contribution is -0.136. The molecule has 132 valence electrons. The van der Waals surface area contributed by atoms with Gasteiger partial charge in [0.15, 0.2) is 0 Å². The number of anilines is 1. The second-order valence-corrected chi connectivity index (χ2v) is 7.43. The van der Waals surface area contributed by atoms with Gasteiger partial charge in [-0.3, -0.25) is 9.59 Å². The molecule has 0 saturated heterocycles. The van der Waals surface area contributed by atoms with Crippen LogP contribution < -0.4 is 5.32 Å². The number of hydrogen-bond acceptors (Lipinski definition) is 3. The van der Waals surface area contributed by atoms with Gasteiger partial charge in [0.25, 0.3) is 5.91 Å². The van der Waals surface area contributed by atoms with E-state index in [0.717, 1.165) is 10.4 Å². The third-order valence-electron chi connectivity index (χ3n) is 3.58. The van der Waals surface area contributed by atoms with Crippen LogP contribution in [0.3, 0.4) is 0 Å². The highest BCUT2D eigenvalue weighted by molar-refractivity contribution is 7.17. The summed E-state index contributed by atoms with van der Waals surface area (Å²) in [5, 5.41) is 13.1. The van der Waals surface area contributed by atoms with Gasteiger partial charge in [-0.05, 0) is 53.6 Å². The van der Waals surface area contributed by atoms with Crippen LogP contribution in [0.15, 0.2) is 54.6 Å². The van der Waals surface area contributed by atoms with Crippen molar-refractivity contribution in [1.82, 2.24) is 0 Å². The van der Waals surface area contributed by atoms with Crippen molar-refractivity contribution in [1.29, 1.82) is 0 Å². The number of carbonyl (C=O) groups excluding carboxylic acids is 1. The SMILES string of the molecule is O=C(O)Cc1cc(C(=O)Nc2ccc(Cl)cc2)sc1-c1ccc(Cl)cc1. The maximum atomic E-state index is 12.5. The predicted octanol–water partition coefficient (Wildman–Crippen LogP) is 5.60. The maximum absolute atomic E-state index is 12.5. The van der Waals surface area contributed by atoms with E-state index in [9.17, 15) is 9.59 Å². The van der Waals surface area contributed by atoms with E-state index in [1.807, 2.05) is 0 Å². The van der Waals surface area contributed by atoms with Crippen molar-refractivity contribution >= 4 is 52.1 Å². The molecule has 0 bridgehead atoms. The fourth-order valence-electron chi connectivity index (χ4n) is 2.41. The van der Waals surface area contributed by atoms with Crippen molar-refractivity contribution in [2.75, 3.05) is 5.32 Å². The maximum Gasteiger partial charge on any atom is 0.307 e. The summed E-state index contributed by atoms with van der Waals surface area (Å²) in [5.74, 6) is -1.26. The molecule has 0 radical (unpaired) electrons. The molecule has 0 spiro atoms. The first-order chi connectivity index (χ1) is 12.4. The first kappa shape index (κ1) is 18.5. The molecule has 3 aromatic rings. The average molecular weight is 406 g/mol. The molecule has 3 rings (SSSR count). The third kappa shape index (κ3) is 4.43. The van der Waals surface area contributed by atoms with Crippen molar-refractivity contribution in [3.63, 3.8) is 0 Å². The molecule has 0 aliphatic carbocycles. The van der Waals surface area contributed by atoms with Gasteiger partial charge in [-0.15, -0.1) is 11.3 Å². The molecule has 1 heterocycles. The van der Waals surface area contributed by atoms with E-state index in [0.29, 0.717) is 26.2 Å². The van der Waals surface area contributed by atoms with Crippen LogP contribution in [0.2, 0.25) is 10.0 Å². The Balaban J connectivity index is 1.92. The minimum Gasteiger partial charge on any atom is -0.481 e. The molecule has 2 N–H and O–H groups in total. The summed E-state index contributed by atoms with van der Waals surface area (Å²) in [6, 6.07) is 15.5. The molecular formula is C19H13Cl2NO3S. The Kier molecular flexibility index (Phi) is 5.61. The molecule has 0 atom stereocenters. The van der Waals surface area contributed by atoms with Crippen molar-refractivity contribution in [3.8, 4) is 10.4 Å². The van der Waals surface area contributed by atoms with E-state index >= 15 is 0 Å². The lowest BCUT2D eigenvalue weighted by atomic mass is 10.1. The number of aliphatic carboxylic acids is 1. The minimum absolute atomic E-state index is 0.164. The molecule has 0 saturated carbocycles. The molecule has 2 aromatic carbocycles. The van der Waals surface area contributed by atoms with Crippen LogP contribution in [0.4, 0.5) is 5.69 Å². The van der Waals surface area contributed by atoms with Gasteiger partial charge in [-0.2, -0.15) is 0 Å². The van der Waals surface area contributed by atoms with E-state index in [1.165, 1.54) is 11.3 Å². The van der Waals surface area contributed by atoms with Crippen LogP contribution in [0.5, 0.6) is 0 Å². The number of nitrogens with one attached hydrogen (secondary N) is 1. The summed E-state index contributed by atoms with van der Waals surface area (Å²) in [6.45, 7) is 0. The first-order valence-electron chi connectivity index (χ1n) is 7.60. The topological polar surface area (TPSA) is 66.4 Å². The summed E-state index contributed by atoms with van der Waals surface area (Å²) in [6.07, 6.45) is -0.164. The zero-order chi connectivity index (χ0) is 18.7. The van der Waals surface area contributed by atoms with Crippen molar-refractivity contribution in [2.24, 2.45) is 0 Å². The van der Waals surface area contributed by atoms with Crippen LogP contribution in [-0.2, 0) is 11.2 Å². The molecular weight excluding hydrogens is 393 g/mol. The van der Waals surface area contributed by atoms with Gasteiger partial charge in [0.1, 0.15) is 0 Å². The van der Waals surface area contributed by atoms with Gasteiger partial charge in [-0.25, -0.2) is 0 Å². The van der Waals surface area contributed by atoms with Gasteiger partial charge in [0.05, 0.1) is 11.3 Å². The molecule has 0 fully saturated rings. The van der Waals surface area contributed by atoms with E-state index < -0.39 is 5.97 Å². The Hall–Kier alpha value is -2.34. The number of thiophene rings is 1. The highest BCUT2D eigenvalue weighted by Crippen LogP contribution is 2.34. The van der Waals surface area contributed by atoms with Gasteiger partial charge in [0.2, 0.25) is 0 Å². The summed E-state index contributed by atoms with van der Waals surface area (Å²) in [7, 11) is 0. The molecule has 26 heavy (non-hydrogen) atoms. The number of carbonyl (C=O) groups is 2. The van der Waals surface area contributed by atoms with Gasteiger partial charge >= 0.3 is 5.97 Å². The lowest BCUT2D eigenvalue weighted by Crippen LogP contribution is -2.10. The molecule has 1 aromatic heterocycles. The standard InChI is InChI=1S/C19H13Cl2NO3S/c20-13-3-1-11(2-4-13)18-12(10-17(23)24)9-16(26-18)19(25)22-15-7-5-14(21)6-8-15/h1-9H,10H2,(H,22,25)(H,23,24). The number of rotatable bonds is 5. The van der Waals surface area contributed by atoms with E-state index in [-0.39, 0.29) is 12.3 Å². The van der Waals surface area contributed by atoms with Crippen molar-refractivity contribution < 1.29 is 14.7 Å². The summed E-state index contributed by atoms with van der Waals surface area (Å²) < 4.78 is 0.